The van der Waals surface area contributed by atoms with Gasteiger partial charge in [-0.15, -0.1) is 0 Å². The second kappa shape index (κ2) is 3.96. The van der Waals surface area contributed by atoms with Crippen molar-refractivity contribution in [2.24, 2.45) is 10.8 Å². The van der Waals surface area contributed by atoms with Crippen LogP contribution in [0.15, 0.2) is 18.2 Å². The number of benzene rings is 1. The molecule has 1 fully saturated rings. The van der Waals surface area contributed by atoms with Gasteiger partial charge in [-0.3, -0.25) is 0 Å². The van der Waals surface area contributed by atoms with Gasteiger partial charge in [0.1, 0.15) is 5.82 Å². The summed E-state index contributed by atoms with van der Waals surface area (Å²) in [5, 5.41) is 3.62. The van der Waals surface area contributed by atoms with Crippen LogP contribution >= 0.6 is 11.6 Å². The number of rotatable bonds is 3. The summed E-state index contributed by atoms with van der Waals surface area (Å²) in [4.78, 5) is 0. The lowest BCUT2D eigenvalue weighted by Crippen LogP contribution is -2.22. The quantitative estimate of drug-likeness (QED) is 0.861. The lowest BCUT2D eigenvalue weighted by Gasteiger charge is -2.08. The molecule has 0 saturated heterocycles. The van der Waals surface area contributed by atoms with E-state index in [4.69, 9.17) is 11.6 Å². The maximum atomic E-state index is 13.7. The third-order valence-electron chi connectivity index (χ3n) is 4.55. The average Bonchev–Trinajstić information content (AvgIpc) is 2.61. The van der Waals surface area contributed by atoms with Crippen molar-refractivity contribution >= 4 is 11.6 Å². The van der Waals surface area contributed by atoms with Crippen molar-refractivity contribution in [3.05, 3.63) is 34.6 Å². The smallest absolute Gasteiger partial charge is 0.146 e. The van der Waals surface area contributed by atoms with Crippen LogP contribution in [-0.2, 0) is 6.54 Å². The van der Waals surface area contributed by atoms with Gasteiger partial charge in [0.05, 0.1) is 5.02 Å². The summed E-state index contributed by atoms with van der Waals surface area (Å²) in [5.41, 5.74) is 1.17. The molecule has 0 radical (unpaired) electrons. The van der Waals surface area contributed by atoms with Gasteiger partial charge in [0.2, 0.25) is 0 Å². The van der Waals surface area contributed by atoms with Gasteiger partial charge in [-0.2, -0.15) is 0 Å². The maximum Gasteiger partial charge on any atom is 0.146 e. The van der Waals surface area contributed by atoms with Crippen LogP contribution < -0.4 is 5.32 Å². The third-order valence-corrected chi connectivity index (χ3v) is 4.84. The fourth-order valence-corrected chi connectivity index (χ4v) is 2.80. The van der Waals surface area contributed by atoms with Crippen molar-refractivity contribution < 1.29 is 4.39 Å². The van der Waals surface area contributed by atoms with E-state index >= 15 is 0 Å². The standard InChI is InChI=1S/C14H19ClFN/c1-13(2)12(14(13,3)4)17-8-9-6-5-7-10(15)11(9)16/h5-7,12,17H,8H2,1-4H3. The van der Waals surface area contributed by atoms with Gasteiger partial charge < -0.3 is 5.32 Å². The molecule has 0 amide bonds. The van der Waals surface area contributed by atoms with Gasteiger partial charge in [0.15, 0.2) is 0 Å². The second-order valence-electron chi connectivity index (χ2n) is 5.97. The summed E-state index contributed by atoms with van der Waals surface area (Å²) in [6.07, 6.45) is 0. The molecule has 0 aliphatic heterocycles. The summed E-state index contributed by atoms with van der Waals surface area (Å²) in [6, 6.07) is 5.56. The van der Waals surface area contributed by atoms with Crippen molar-refractivity contribution in [3.63, 3.8) is 0 Å². The van der Waals surface area contributed by atoms with Crippen molar-refractivity contribution in [1.29, 1.82) is 0 Å². The van der Waals surface area contributed by atoms with E-state index in [1.54, 1.807) is 18.2 Å². The van der Waals surface area contributed by atoms with Crippen LogP contribution in [-0.4, -0.2) is 6.04 Å². The predicted molar refractivity (Wildman–Crippen MR) is 69.6 cm³/mol. The highest BCUT2D eigenvalue weighted by atomic mass is 35.5. The fraction of sp³-hybridized carbons (Fsp3) is 0.571. The molecule has 1 N–H and O–H groups in total. The molecular formula is C14H19ClFN. The molecule has 17 heavy (non-hydrogen) atoms. The molecule has 1 aromatic rings. The molecule has 1 aromatic carbocycles. The average molecular weight is 256 g/mol. The van der Waals surface area contributed by atoms with Gasteiger partial charge in [-0.05, 0) is 16.9 Å². The minimum Gasteiger partial charge on any atom is -0.309 e. The molecule has 0 spiro atoms. The summed E-state index contributed by atoms with van der Waals surface area (Å²) < 4.78 is 13.7. The SMILES string of the molecule is CC1(C)C(NCc2cccc(Cl)c2F)C1(C)C. The van der Waals surface area contributed by atoms with E-state index in [0.717, 1.165) is 0 Å². The maximum absolute atomic E-state index is 13.7. The molecule has 0 atom stereocenters. The molecule has 1 nitrogen and oxygen atoms in total. The topological polar surface area (TPSA) is 12.0 Å². The molecule has 0 unspecified atom stereocenters. The molecule has 3 heteroatoms. The Bertz CT molecular complexity index is 426. The lowest BCUT2D eigenvalue weighted by atomic mass is 10.0. The zero-order chi connectivity index (χ0) is 12.8. The van der Waals surface area contributed by atoms with Gasteiger partial charge >= 0.3 is 0 Å². The van der Waals surface area contributed by atoms with E-state index in [2.05, 4.69) is 33.0 Å². The van der Waals surface area contributed by atoms with Crippen molar-refractivity contribution in [1.82, 2.24) is 5.32 Å². The Labute approximate surface area is 107 Å². The first kappa shape index (κ1) is 12.8. The van der Waals surface area contributed by atoms with Crippen molar-refractivity contribution in [2.75, 3.05) is 0 Å². The Morgan fingerprint density at radius 2 is 1.82 bits per heavy atom. The first-order valence-corrected chi connectivity index (χ1v) is 6.32. The minimum absolute atomic E-state index is 0.193. The van der Waals surface area contributed by atoms with E-state index in [9.17, 15) is 4.39 Å². The lowest BCUT2D eigenvalue weighted by molar-refractivity contribution is 0.457. The highest BCUT2D eigenvalue weighted by molar-refractivity contribution is 6.30. The molecule has 1 aliphatic rings. The van der Waals surface area contributed by atoms with Crippen LogP contribution in [0, 0.1) is 16.6 Å². The van der Waals surface area contributed by atoms with Crippen LogP contribution in [0.2, 0.25) is 5.02 Å². The van der Waals surface area contributed by atoms with Gasteiger partial charge in [0, 0.05) is 18.2 Å². The Hall–Kier alpha value is -0.600. The van der Waals surface area contributed by atoms with Crippen LogP contribution in [0.1, 0.15) is 33.3 Å². The first-order chi connectivity index (χ1) is 7.78. The van der Waals surface area contributed by atoms with Crippen LogP contribution in [0.3, 0.4) is 0 Å². The highest BCUT2D eigenvalue weighted by Gasteiger charge is 2.64. The van der Waals surface area contributed by atoms with E-state index in [1.165, 1.54) is 0 Å². The Morgan fingerprint density at radius 1 is 1.24 bits per heavy atom. The van der Waals surface area contributed by atoms with Crippen molar-refractivity contribution in [2.45, 2.75) is 40.3 Å². The van der Waals surface area contributed by atoms with Crippen LogP contribution in [0.5, 0.6) is 0 Å². The van der Waals surface area contributed by atoms with Crippen LogP contribution in [0.4, 0.5) is 4.39 Å². The number of nitrogens with one attached hydrogen (secondary N) is 1. The monoisotopic (exact) mass is 255 g/mol. The fourth-order valence-electron chi connectivity index (χ4n) is 2.60. The zero-order valence-corrected chi connectivity index (χ0v) is 11.5. The Kier molecular flexibility index (Phi) is 2.99. The van der Waals surface area contributed by atoms with E-state index < -0.39 is 0 Å². The number of hydrogen-bond donors (Lipinski definition) is 1. The summed E-state index contributed by atoms with van der Waals surface area (Å²) in [5.74, 6) is -0.307. The van der Waals surface area contributed by atoms with E-state index in [-0.39, 0.29) is 21.7 Å². The molecule has 1 saturated carbocycles. The predicted octanol–water partition coefficient (Wildman–Crippen LogP) is 4.00. The Morgan fingerprint density at radius 3 is 2.35 bits per heavy atom. The molecular weight excluding hydrogens is 237 g/mol. The third kappa shape index (κ3) is 1.98. The van der Waals surface area contributed by atoms with Crippen LogP contribution in [0.25, 0.3) is 0 Å². The Balaban J connectivity index is 2.03. The molecule has 0 heterocycles. The number of hydrogen-bond acceptors (Lipinski definition) is 1. The van der Waals surface area contributed by atoms with Gasteiger partial charge in [-0.1, -0.05) is 51.4 Å². The summed E-state index contributed by atoms with van der Waals surface area (Å²) in [7, 11) is 0. The van der Waals surface area contributed by atoms with Gasteiger partial charge in [-0.25, -0.2) is 4.39 Å². The normalized spacial score (nSPS) is 21.5. The molecule has 2 rings (SSSR count). The van der Waals surface area contributed by atoms with Gasteiger partial charge in [0.25, 0.3) is 0 Å². The largest absolute Gasteiger partial charge is 0.309 e. The molecule has 0 bridgehead atoms. The highest BCUT2D eigenvalue weighted by Crippen LogP contribution is 2.62. The minimum atomic E-state index is -0.307. The van der Waals surface area contributed by atoms with E-state index in [0.29, 0.717) is 18.2 Å². The summed E-state index contributed by atoms with van der Waals surface area (Å²) >= 11 is 5.75. The molecule has 1 aliphatic carbocycles. The molecule has 0 aromatic heterocycles. The number of halogens is 2. The van der Waals surface area contributed by atoms with E-state index in [1.807, 2.05) is 0 Å². The first-order valence-electron chi connectivity index (χ1n) is 5.95. The van der Waals surface area contributed by atoms with Crippen molar-refractivity contribution in [3.8, 4) is 0 Å². The summed E-state index contributed by atoms with van der Waals surface area (Å²) in [6.45, 7) is 9.47. The second-order valence-corrected chi connectivity index (χ2v) is 6.38. The zero-order valence-electron chi connectivity index (χ0n) is 10.8. The molecule has 94 valence electrons.